The largest absolute Gasteiger partial charge is 1.00 e. The fourth-order valence-corrected chi connectivity index (χ4v) is 4.95. The van der Waals surface area contributed by atoms with E-state index in [-0.39, 0.29) is 44.9 Å². The maximum absolute atomic E-state index is 6.16. The SMILES string of the molecule is Nc1cc[n+](Cc2ccc(C=Cc3ccc(C[n+]4ccc(N)c5ccccc54)cc3)cc2)c2ccccc12.O.O.[Br-].[Br-]. The van der Waals surface area contributed by atoms with Crippen LogP contribution in [0.15, 0.2) is 122 Å². The molecule has 0 atom stereocenters. The first kappa shape index (κ1) is 34.1. The molecule has 2 aromatic heterocycles. The summed E-state index contributed by atoms with van der Waals surface area (Å²) in [5, 5.41) is 2.17. The minimum atomic E-state index is 0. The van der Waals surface area contributed by atoms with Gasteiger partial charge in [0.25, 0.3) is 0 Å². The van der Waals surface area contributed by atoms with Gasteiger partial charge in [0.05, 0.1) is 22.1 Å². The quantitative estimate of drug-likeness (QED) is 0.161. The molecule has 6 aromatic rings. The van der Waals surface area contributed by atoms with Gasteiger partial charge in [-0.1, -0.05) is 84.9 Å². The molecule has 0 saturated heterocycles. The van der Waals surface area contributed by atoms with Crippen LogP contribution in [-0.2, 0) is 13.1 Å². The molecule has 0 aliphatic rings. The summed E-state index contributed by atoms with van der Waals surface area (Å²) in [6.45, 7) is 1.60. The van der Waals surface area contributed by atoms with Gasteiger partial charge in [-0.3, -0.25) is 0 Å². The third-order valence-electron chi connectivity index (χ3n) is 7.05. The fraction of sp³-hybridized carbons (Fsp3) is 0.0588. The standard InChI is InChI=1S/C34H28N4.2BrH.2H2O/c35-31-19-21-37(33-7-3-1-5-29(31)33)23-27-15-11-25(12-16-27)9-10-26-13-17-28(18-14-26)24-38-22-20-32(36)30-6-2-4-8-34(30)38;;;;/h1-22,35-36H,23-24H2;2*1H;2*1H2. The number of hydrogen-bond donors (Lipinski definition) is 2. The number of nitrogens with two attached hydrogens (primary N) is 2. The second kappa shape index (κ2) is 15.2. The van der Waals surface area contributed by atoms with Crippen molar-refractivity contribution < 1.29 is 54.0 Å². The number of aromatic nitrogens is 2. The van der Waals surface area contributed by atoms with Gasteiger partial charge in [-0.05, 0) is 23.3 Å². The topological polar surface area (TPSA) is 123 Å². The fourth-order valence-electron chi connectivity index (χ4n) is 4.95. The van der Waals surface area contributed by atoms with E-state index >= 15 is 0 Å². The molecule has 0 radical (unpaired) electrons. The first-order valence-corrected chi connectivity index (χ1v) is 12.8. The highest BCUT2D eigenvalue weighted by Crippen LogP contribution is 2.19. The maximum atomic E-state index is 6.16. The van der Waals surface area contributed by atoms with Gasteiger partial charge in [-0.25, -0.2) is 0 Å². The predicted octanol–water partition coefficient (Wildman–Crippen LogP) is -1.64. The van der Waals surface area contributed by atoms with Crippen molar-refractivity contribution in [3.8, 4) is 0 Å². The smallest absolute Gasteiger partial charge is 0.214 e. The van der Waals surface area contributed by atoms with Crippen LogP contribution in [0, 0.1) is 0 Å². The van der Waals surface area contributed by atoms with E-state index in [9.17, 15) is 0 Å². The molecule has 216 valence electrons. The lowest BCUT2D eigenvalue weighted by molar-refractivity contribution is -0.662. The Balaban J connectivity index is 0.00000154. The van der Waals surface area contributed by atoms with Gasteiger partial charge in [0.15, 0.2) is 25.5 Å². The Hall–Kier alpha value is -4.08. The number of halogens is 2. The van der Waals surface area contributed by atoms with E-state index in [1.54, 1.807) is 0 Å². The van der Waals surface area contributed by atoms with Crippen molar-refractivity contribution in [2.45, 2.75) is 13.1 Å². The van der Waals surface area contributed by atoms with Gasteiger partial charge >= 0.3 is 0 Å². The second-order valence-corrected chi connectivity index (χ2v) is 9.65. The van der Waals surface area contributed by atoms with Gasteiger partial charge in [0.2, 0.25) is 11.0 Å². The Morgan fingerprint density at radius 2 is 0.833 bits per heavy atom. The average Bonchev–Trinajstić information content (AvgIpc) is 2.97. The number of pyridine rings is 2. The van der Waals surface area contributed by atoms with Crippen LogP contribution in [0.25, 0.3) is 34.0 Å². The highest BCUT2D eigenvalue weighted by atomic mass is 79.9. The number of rotatable bonds is 6. The molecule has 0 bridgehead atoms. The molecule has 0 amide bonds. The normalized spacial score (nSPS) is 10.4. The van der Waals surface area contributed by atoms with Gasteiger partial charge in [0, 0.05) is 35.4 Å². The summed E-state index contributed by atoms with van der Waals surface area (Å²) in [4.78, 5) is 0. The van der Waals surface area contributed by atoms with Gasteiger partial charge in [-0.2, -0.15) is 9.13 Å². The summed E-state index contributed by atoms with van der Waals surface area (Å²) in [7, 11) is 0. The average molecular weight is 690 g/mol. The lowest BCUT2D eigenvalue weighted by Crippen LogP contribution is -3.00. The highest BCUT2D eigenvalue weighted by molar-refractivity contribution is 5.88. The monoisotopic (exact) mass is 688 g/mol. The lowest BCUT2D eigenvalue weighted by atomic mass is 10.1. The van der Waals surface area contributed by atoms with Crippen molar-refractivity contribution in [2.75, 3.05) is 11.5 Å². The van der Waals surface area contributed by atoms with Crippen LogP contribution < -0.4 is 54.6 Å². The van der Waals surface area contributed by atoms with Crippen molar-refractivity contribution >= 4 is 45.3 Å². The third kappa shape index (κ3) is 7.40. The predicted molar refractivity (Wildman–Crippen MR) is 164 cm³/mol. The van der Waals surface area contributed by atoms with Crippen molar-refractivity contribution in [3.05, 3.63) is 144 Å². The molecular formula is C34H34Br2N4O2. The Morgan fingerprint density at radius 3 is 1.21 bits per heavy atom. The summed E-state index contributed by atoms with van der Waals surface area (Å²) >= 11 is 0. The number of anilines is 2. The van der Waals surface area contributed by atoms with E-state index in [0.717, 1.165) is 46.3 Å². The number of fused-ring (bicyclic) bond motifs is 2. The molecule has 0 aliphatic heterocycles. The Kier molecular flexibility index (Phi) is 12.4. The molecule has 6 nitrogen and oxygen atoms in total. The molecule has 6 rings (SSSR count). The van der Waals surface area contributed by atoms with Gasteiger partial charge in [0.1, 0.15) is 0 Å². The summed E-state index contributed by atoms with van der Waals surface area (Å²) < 4.78 is 4.48. The van der Waals surface area contributed by atoms with Crippen LogP contribution in [0.1, 0.15) is 22.3 Å². The molecule has 8 N–H and O–H groups in total. The lowest BCUT2D eigenvalue weighted by Gasteiger charge is -2.05. The molecule has 0 aliphatic carbocycles. The first-order valence-electron chi connectivity index (χ1n) is 12.8. The summed E-state index contributed by atoms with van der Waals surface area (Å²) in [6, 6.07) is 37.9. The third-order valence-corrected chi connectivity index (χ3v) is 7.05. The minimum Gasteiger partial charge on any atom is -1.00 e. The maximum Gasteiger partial charge on any atom is 0.214 e. The Labute approximate surface area is 266 Å². The summed E-state index contributed by atoms with van der Waals surface area (Å²) in [5.74, 6) is 0. The summed E-state index contributed by atoms with van der Waals surface area (Å²) in [5.41, 5.74) is 21.1. The van der Waals surface area contributed by atoms with Crippen LogP contribution in [-0.4, -0.2) is 11.0 Å². The van der Waals surface area contributed by atoms with Crippen molar-refractivity contribution in [3.63, 3.8) is 0 Å². The highest BCUT2D eigenvalue weighted by Gasteiger charge is 2.12. The van der Waals surface area contributed by atoms with E-state index in [1.165, 1.54) is 22.3 Å². The van der Waals surface area contributed by atoms with Crippen LogP contribution >= 0.6 is 0 Å². The van der Waals surface area contributed by atoms with E-state index < -0.39 is 0 Å². The Morgan fingerprint density at radius 1 is 0.476 bits per heavy atom. The van der Waals surface area contributed by atoms with Crippen molar-refractivity contribution in [1.82, 2.24) is 0 Å². The number of benzene rings is 4. The molecule has 42 heavy (non-hydrogen) atoms. The number of nitrogen functional groups attached to an aromatic ring is 2. The minimum absolute atomic E-state index is 0. The molecule has 2 heterocycles. The zero-order valence-electron chi connectivity index (χ0n) is 22.9. The molecular weight excluding hydrogens is 656 g/mol. The molecule has 0 unspecified atom stereocenters. The van der Waals surface area contributed by atoms with Crippen molar-refractivity contribution in [1.29, 1.82) is 0 Å². The zero-order chi connectivity index (χ0) is 25.9. The van der Waals surface area contributed by atoms with Crippen molar-refractivity contribution in [2.24, 2.45) is 0 Å². The molecule has 0 spiro atoms. The van der Waals surface area contributed by atoms with E-state index in [0.29, 0.717) is 0 Å². The van der Waals surface area contributed by atoms with Gasteiger partial charge in [-0.15, -0.1) is 0 Å². The van der Waals surface area contributed by atoms with Crippen LogP contribution in [0.2, 0.25) is 0 Å². The molecule has 4 aromatic carbocycles. The van der Waals surface area contributed by atoms with Crippen LogP contribution in [0.3, 0.4) is 0 Å². The van der Waals surface area contributed by atoms with Crippen LogP contribution in [0.5, 0.6) is 0 Å². The second-order valence-electron chi connectivity index (χ2n) is 9.65. The number of para-hydroxylation sites is 2. The summed E-state index contributed by atoms with van der Waals surface area (Å²) in [6.07, 6.45) is 8.44. The first-order chi connectivity index (χ1) is 18.6. The van der Waals surface area contributed by atoms with E-state index in [4.69, 9.17) is 11.5 Å². The molecule has 0 saturated carbocycles. The zero-order valence-corrected chi connectivity index (χ0v) is 26.1. The number of nitrogens with zero attached hydrogens (tertiary/aromatic N) is 2. The van der Waals surface area contributed by atoms with Crippen LogP contribution in [0.4, 0.5) is 11.4 Å². The van der Waals surface area contributed by atoms with E-state index in [2.05, 4.69) is 119 Å². The Bertz CT molecular complexity index is 1660. The van der Waals surface area contributed by atoms with E-state index in [1.807, 2.05) is 24.3 Å². The molecule has 0 fully saturated rings. The number of hydrogen-bond acceptors (Lipinski definition) is 2. The molecule has 8 heteroatoms. The van der Waals surface area contributed by atoms with Gasteiger partial charge < -0.3 is 56.4 Å².